The zero-order chi connectivity index (χ0) is 14.6. The van der Waals surface area contributed by atoms with Crippen LogP contribution < -0.4 is 5.32 Å². The molecule has 0 aliphatic heterocycles. The van der Waals surface area contributed by atoms with Crippen molar-refractivity contribution in [2.75, 3.05) is 6.54 Å². The second-order valence-corrected chi connectivity index (χ2v) is 6.76. The molecule has 1 aliphatic rings. The fourth-order valence-corrected chi connectivity index (χ4v) is 3.73. The first-order valence-electron chi connectivity index (χ1n) is 8.07. The summed E-state index contributed by atoms with van der Waals surface area (Å²) in [5.41, 5.74) is 1.51. The molecule has 4 heteroatoms. The monoisotopic (exact) mass is 297 g/mol. The summed E-state index contributed by atoms with van der Waals surface area (Å²) in [6.45, 7) is 8.79. The maximum absolute atomic E-state index is 6.47. The number of hydrogen-bond acceptors (Lipinski definition) is 2. The fraction of sp³-hybridized carbons (Fsp3) is 0.812. The normalized spacial score (nSPS) is 19.4. The molecule has 1 unspecified atom stereocenters. The molecule has 0 bridgehead atoms. The van der Waals surface area contributed by atoms with Crippen LogP contribution in [0.3, 0.4) is 0 Å². The molecule has 1 atom stereocenters. The maximum Gasteiger partial charge on any atom is 0.0834 e. The number of nitrogens with one attached hydrogen (secondary N) is 1. The van der Waals surface area contributed by atoms with Gasteiger partial charge in [0.1, 0.15) is 0 Å². The summed E-state index contributed by atoms with van der Waals surface area (Å²) >= 11 is 6.47. The minimum absolute atomic E-state index is 0.310. The van der Waals surface area contributed by atoms with Gasteiger partial charge in [0.2, 0.25) is 0 Å². The molecular formula is C16H28ClN3. The lowest BCUT2D eigenvalue weighted by Gasteiger charge is -2.35. The van der Waals surface area contributed by atoms with E-state index in [4.69, 9.17) is 11.6 Å². The molecule has 1 heterocycles. The third-order valence-electron chi connectivity index (χ3n) is 4.58. The molecule has 2 rings (SSSR count). The Kier molecular flexibility index (Phi) is 5.50. The molecule has 1 aliphatic carbocycles. The summed E-state index contributed by atoms with van der Waals surface area (Å²) < 4.78 is 2.11. The van der Waals surface area contributed by atoms with Gasteiger partial charge < -0.3 is 5.32 Å². The van der Waals surface area contributed by atoms with Crippen LogP contribution in [0.4, 0.5) is 0 Å². The predicted molar refractivity (Wildman–Crippen MR) is 85.1 cm³/mol. The van der Waals surface area contributed by atoms with Gasteiger partial charge in [-0.3, -0.25) is 4.68 Å². The first-order valence-corrected chi connectivity index (χ1v) is 8.44. The molecule has 0 spiro atoms. The van der Waals surface area contributed by atoms with E-state index in [1.165, 1.54) is 31.4 Å². The highest BCUT2D eigenvalue weighted by molar-refractivity contribution is 6.31. The average molecular weight is 298 g/mol. The molecule has 114 valence electrons. The molecule has 1 N–H and O–H groups in total. The van der Waals surface area contributed by atoms with Crippen LogP contribution in [0.1, 0.15) is 71.0 Å². The van der Waals surface area contributed by atoms with Crippen molar-refractivity contribution in [3.63, 3.8) is 0 Å². The molecule has 1 saturated carbocycles. The summed E-state index contributed by atoms with van der Waals surface area (Å²) in [4.78, 5) is 0. The SMILES string of the molecule is CCCNC(c1c(Cl)cnn1CCC)C1(C)CCCC1. The van der Waals surface area contributed by atoms with Gasteiger partial charge in [0.25, 0.3) is 0 Å². The molecule has 1 aromatic rings. The first-order chi connectivity index (χ1) is 9.62. The summed E-state index contributed by atoms with van der Waals surface area (Å²) in [7, 11) is 0. The van der Waals surface area contributed by atoms with Crippen LogP contribution in [0.15, 0.2) is 6.20 Å². The van der Waals surface area contributed by atoms with Gasteiger partial charge in [0.05, 0.1) is 23.0 Å². The second-order valence-electron chi connectivity index (χ2n) is 6.35. The van der Waals surface area contributed by atoms with Crippen LogP contribution in [-0.2, 0) is 6.54 Å². The Labute approximate surface area is 128 Å². The Morgan fingerprint density at radius 2 is 2.05 bits per heavy atom. The Morgan fingerprint density at radius 1 is 1.35 bits per heavy atom. The standard InChI is InChI=1S/C16H28ClN3/c1-4-10-18-15(16(3)8-6-7-9-16)14-13(17)12-19-20(14)11-5-2/h12,15,18H,4-11H2,1-3H3. The van der Waals surface area contributed by atoms with E-state index in [0.29, 0.717) is 11.5 Å². The van der Waals surface area contributed by atoms with Gasteiger partial charge in [0, 0.05) is 6.54 Å². The smallest absolute Gasteiger partial charge is 0.0834 e. The third-order valence-corrected chi connectivity index (χ3v) is 4.87. The van der Waals surface area contributed by atoms with E-state index in [1.807, 2.05) is 6.20 Å². The highest BCUT2D eigenvalue weighted by Crippen LogP contribution is 2.48. The Morgan fingerprint density at radius 3 is 2.65 bits per heavy atom. The van der Waals surface area contributed by atoms with E-state index in [0.717, 1.165) is 31.0 Å². The molecule has 0 amide bonds. The highest BCUT2D eigenvalue weighted by Gasteiger charge is 2.40. The summed E-state index contributed by atoms with van der Waals surface area (Å²) in [6, 6.07) is 0.325. The van der Waals surface area contributed by atoms with Crippen LogP contribution in [0.25, 0.3) is 0 Å². The van der Waals surface area contributed by atoms with Gasteiger partial charge >= 0.3 is 0 Å². The molecule has 0 saturated heterocycles. The summed E-state index contributed by atoms with van der Waals surface area (Å²) in [5.74, 6) is 0. The van der Waals surface area contributed by atoms with Crippen molar-refractivity contribution in [2.24, 2.45) is 5.41 Å². The van der Waals surface area contributed by atoms with Crippen molar-refractivity contribution >= 4 is 11.6 Å². The number of nitrogens with zero attached hydrogens (tertiary/aromatic N) is 2. The Hall–Kier alpha value is -0.540. The van der Waals surface area contributed by atoms with Gasteiger partial charge in [-0.2, -0.15) is 5.10 Å². The van der Waals surface area contributed by atoms with Crippen molar-refractivity contribution in [2.45, 2.75) is 71.9 Å². The molecule has 1 aromatic heterocycles. The summed E-state index contributed by atoms with van der Waals surface area (Å²) in [6.07, 6.45) is 9.27. The van der Waals surface area contributed by atoms with Crippen LogP contribution in [-0.4, -0.2) is 16.3 Å². The molecule has 1 fully saturated rings. The molecule has 3 nitrogen and oxygen atoms in total. The number of aryl methyl sites for hydroxylation is 1. The second kappa shape index (κ2) is 6.95. The third kappa shape index (κ3) is 3.20. The van der Waals surface area contributed by atoms with Crippen molar-refractivity contribution in [3.05, 3.63) is 16.9 Å². The van der Waals surface area contributed by atoms with E-state index in [1.54, 1.807) is 0 Å². The van der Waals surface area contributed by atoms with Crippen molar-refractivity contribution in [1.82, 2.24) is 15.1 Å². The van der Waals surface area contributed by atoms with Gasteiger partial charge in [-0.25, -0.2) is 0 Å². The van der Waals surface area contributed by atoms with E-state index in [2.05, 4.69) is 35.9 Å². The van der Waals surface area contributed by atoms with E-state index in [-0.39, 0.29) is 0 Å². The number of rotatable bonds is 7. The Bertz CT molecular complexity index is 421. The number of hydrogen-bond donors (Lipinski definition) is 1. The van der Waals surface area contributed by atoms with Gasteiger partial charge in [-0.05, 0) is 37.6 Å². The minimum Gasteiger partial charge on any atom is -0.308 e. The van der Waals surface area contributed by atoms with Crippen LogP contribution in [0, 0.1) is 5.41 Å². The molecular weight excluding hydrogens is 270 g/mol. The zero-order valence-corrected chi connectivity index (χ0v) is 13.8. The lowest BCUT2D eigenvalue weighted by atomic mass is 9.78. The van der Waals surface area contributed by atoms with E-state index in [9.17, 15) is 0 Å². The predicted octanol–water partition coefficient (Wildman–Crippen LogP) is 4.57. The summed E-state index contributed by atoms with van der Waals surface area (Å²) in [5, 5.41) is 9.05. The number of aromatic nitrogens is 2. The molecule has 0 radical (unpaired) electrons. The van der Waals surface area contributed by atoms with Crippen LogP contribution in [0.2, 0.25) is 5.02 Å². The maximum atomic E-state index is 6.47. The zero-order valence-electron chi connectivity index (χ0n) is 13.1. The van der Waals surface area contributed by atoms with E-state index >= 15 is 0 Å². The topological polar surface area (TPSA) is 29.9 Å². The Balaban J connectivity index is 2.32. The molecule has 20 heavy (non-hydrogen) atoms. The lowest BCUT2D eigenvalue weighted by molar-refractivity contribution is 0.212. The number of halogens is 1. The van der Waals surface area contributed by atoms with Crippen LogP contribution >= 0.6 is 11.6 Å². The lowest BCUT2D eigenvalue weighted by Crippen LogP contribution is -2.36. The highest BCUT2D eigenvalue weighted by atomic mass is 35.5. The van der Waals surface area contributed by atoms with Crippen LogP contribution in [0.5, 0.6) is 0 Å². The molecule has 0 aromatic carbocycles. The first kappa shape index (κ1) is 15.8. The van der Waals surface area contributed by atoms with Gasteiger partial charge in [0.15, 0.2) is 0 Å². The fourth-order valence-electron chi connectivity index (χ4n) is 3.48. The quantitative estimate of drug-likeness (QED) is 0.799. The average Bonchev–Trinajstić information content (AvgIpc) is 3.00. The van der Waals surface area contributed by atoms with Gasteiger partial charge in [-0.1, -0.05) is 45.2 Å². The van der Waals surface area contributed by atoms with Crippen molar-refractivity contribution in [3.8, 4) is 0 Å². The van der Waals surface area contributed by atoms with Crippen molar-refractivity contribution in [1.29, 1.82) is 0 Å². The minimum atomic E-state index is 0.310. The van der Waals surface area contributed by atoms with Gasteiger partial charge in [-0.15, -0.1) is 0 Å². The largest absolute Gasteiger partial charge is 0.308 e. The van der Waals surface area contributed by atoms with E-state index < -0.39 is 0 Å². The van der Waals surface area contributed by atoms with Crippen molar-refractivity contribution < 1.29 is 0 Å².